The molecular weight excluding hydrogens is 652 g/mol. The molecule has 10 nitrogen and oxygen atoms in total. The van der Waals surface area contributed by atoms with Crippen molar-refractivity contribution in [1.29, 1.82) is 0 Å². The molecule has 2 bridgehead atoms. The molecule has 51 heavy (non-hydrogen) atoms. The highest BCUT2D eigenvalue weighted by atomic mass is 16.6. The van der Waals surface area contributed by atoms with Crippen molar-refractivity contribution in [3.8, 4) is 0 Å². The molecule has 0 saturated heterocycles. The van der Waals surface area contributed by atoms with Crippen molar-refractivity contribution < 1.29 is 48.7 Å². The highest BCUT2D eigenvalue weighted by Crippen LogP contribution is 2.75. The van der Waals surface area contributed by atoms with E-state index in [9.17, 15) is 29.7 Å². The molecule has 0 radical (unpaired) electrons. The summed E-state index contributed by atoms with van der Waals surface area (Å²) in [7, 11) is 0. The number of hydrogen-bond acceptors (Lipinski definition) is 10. The van der Waals surface area contributed by atoms with Gasteiger partial charge in [-0.3, -0.25) is 14.4 Å². The monoisotopic (exact) mass is 708 g/mol. The predicted octanol–water partition coefficient (Wildman–Crippen LogP) is 5.52. The van der Waals surface area contributed by atoms with E-state index in [0.717, 1.165) is 25.7 Å². The van der Waals surface area contributed by atoms with Crippen molar-refractivity contribution in [1.82, 2.24) is 0 Å². The van der Waals surface area contributed by atoms with Crippen LogP contribution in [0.15, 0.2) is 53.6 Å². The first-order valence-corrected chi connectivity index (χ1v) is 18.7. The molecule has 0 aromatic heterocycles. The molecule has 10 atom stereocenters. The predicted molar refractivity (Wildman–Crippen MR) is 189 cm³/mol. The number of aliphatic hydroxyl groups is 3. The third-order valence-corrected chi connectivity index (χ3v) is 12.7. The molecule has 2 fully saturated rings. The Morgan fingerprint density at radius 2 is 1.65 bits per heavy atom. The lowest BCUT2D eigenvalue weighted by atomic mass is 9.59. The van der Waals surface area contributed by atoms with Gasteiger partial charge < -0.3 is 29.5 Å². The van der Waals surface area contributed by atoms with E-state index in [-0.39, 0.29) is 30.9 Å². The lowest BCUT2D eigenvalue weighted by Crippen LogP contribution is -2.65. The molecule has 10 heteroatoms. The van der Waals surface area contributed by atoms with E-state index in [2.05, 4.69) is 6.92 Å². The van der Waals surface area contributed by atoms with E-state index < -0.39 is 88.2 Å². The molecule has 4 aliphatic carbocycles. The van der Waals surface area contributed by atoms with Gasteiger partial charge in [-0.1, -0.05) is 97.6 Å². The van der Waals surface area contributed by atoms with Crippen LogP contribution in [-0.4, -0.2) is 75.6 Å². The number of aliphatic hydroxyl groups excluding tert-OH is 2. The lowest BCUT2D eigenvalue weighted by Gasteiger charge is -2.48. The summed E-state index contributed by atoms with van der Waals surface area (Å²) in [5.41, 5.74) is -5.70. The van der Waals surface area contributed by atoms with Crippen LogP contribution in [0.1, 0.15) is 104 Å². The fraction of sp³-hybridized carbons (Fsp3) is 0.659. The first kappa shape index (κ1) is 38.9. The van der Waals surface area contributed by atoms with Crippen LogP contribution in [0.25, 0.3) is 0 Å². The van der Waals surface area contributed by atoms with Gasteiger partial charge in [-0.2, -0.15) is 0 Å². The lowest BCUT2D eigenvalue weighted by molar-refractivity contribution is -0.192. The van der Waals surface area contributed by atoms with Crippen molar-refractivity contribution in [2.24, 2.45) is 40.4 Å². The Labute approximate surface area is 301 Å². The van der Waals surface area contributed by atoms with Crippen LogP contribution in [0.2, 0.25) is 0 Å². The first-order valence-electron chi connectivity index (χ1n) is 18.7. The van der Waals surface area contributed by atoms with Crippen molar-refractivity contribution in [2.75, 3.05) is 13.2 Å². The molecule has 0 heterocycles. The number of fused-ring (bicyclic) bond motifs is 3. The quantitative estimate of drug-likeness (QED) is 0.0973. The summed E-state index contributed by atoms with van der Waals surface area (Å²) in [5, 5.41) is 36.1. The van der Waals surface area contributed by atoms with E-state index in [1.807, 2.05) is 20.8 Å². The molecule has 2 saturated carbocycles. The van der Waals surface area contributed by atoms with Crippen LogP contribution in [0.5, 0.6) is 0 Å². The number of ketones is 1. The number of hydrogen-bond donors (Lipinski definition) is 3. The largest absolute Gasteiger partial charge is 0.461 e. The minimum Gasteiger partial charge on any atom is -0.461 e. The highest BCUT2D eigenvalue weighted by molar-refractivity contribution is 5.96. The van der Waals surface area contributed by atoms with Crippen molar-refractivity contribution in [2.45, 2.75) is 117 Å². The maximum Gasteiger partial charge on any atom is 0.338 e. The molecular formula is C41H56O10. The van der Waals surface area contributed by atoms with Gasteiger partial charge in [0.25, 0.3) is 0 Å². The second-order valence-corrected chi connectivity index (χ2v) is 16.1. The second-order valence-electron chi connectivity index (χ2n) is 16.1. The number of esters is 3. The SMILES string of the molecule is CCCCCCCC(=O)O[C@]12C[C@@H](C)[C@]34C=C(C)[C@H](O)[C@@]3(O)[C@H](O)C(COC(=O)C(C)C(C)C)=C[C@H](C4=O)[C@@H]1[C@]2(C)COC(=O)c1ccccc1. The number of allylic oxidation sites excluding steroid dienone is 1. The average Bonchev–Trinajstić information content (AvgIpc) is 3.56. The highest BCUT2D eigenvalue weighted by Gasteiger charge is 2.85. The van der Waals surface area contributed by atoms with Crippen LogP contribution >= 0.6 is 0 Å². The van der Waals surface area contributed by atoms with E-state index >= 15 is 4.79 Å². The Balaban J connectivity index is 1.58. The van der Waals surface area contributed by atoms with Crippen molar-refractivity contribution in [3.05, 3.63) is 59.2 Å². The number of rotatable bonds is 14. The van der Waals surface area contributed by atoms with Crippen molar-refractivity contribution in [3.63, 3.8) is 0 Å². The van der Waals surface area contributed by atoms with Gasteiger partial charge >= 0.3 is 17.9 Å². The Morgan fingerprint density at radius 1 is 0.980 bits per heavy atom. The van der Waals surface area contributed by atoms with Gasteiger partial charge in [0.2, 0.25) is 0 Å². The summed E-state index contributed by atoms with van der Waals surface area (Å²) in [6.45, 7) is 12.3. The third-order valence-electron chi connectivity index (χ3n) is 12.7. The summed E-state index contributed by atoms with van der Waals surface area (Å²) in [6, 6.07) is 8.53. The summed E-state index contributed by atoms with van der Waals surface area (Å²) in [6.07, 6.45) is 4.70. The molecule has 0 amide bonds. The molecule has 1 spiro atoms. The molecule has 5 rings (SSSR count). The summed E-state index contributed by atoms with van der Waals surface area (Å²) in [4.78, 5) is 55.0. The van der Waals surface area contributed by atoms with Crippen LogP contribution in [0.4, 0.5) is 0 Å². The van der Waals surface area contributed by atoms with E-state index in [1.54, 1.807) is 57.2 Å². The maximum absolute atomic E-state index is 15.1. The molecule has 0 aliphatic heterocycles. The third kappa shape index (κ3) is 6.29. The fourth-order valence-electron chi connectivity index (χ4n) is 9.30. The zero-order valence-corrected chi connectivity index (χ0v) is 31.1. The molecule has 1 aromatic rings. The smallest absolute Gasteiger partial charge is 0.338 e. The number of benzene rings is 1. The molecule has 3 N–H and O–H groups in total. The number of unbranched alkanes of at least 4 members (excludes halogenated alkanes) is 4. The average molecular weight is 709 g/mol. The minimum atomic E-state index is -2.39. The summed E-state index contributed by atoms with van der Waals surface area (Å²) in [5.74, 6) is -4.90. The van der Waals surface area contributed by atoms with Gasteiger partial charge in [-0.05, 0) is 54.9 Å². The normalized spacial score (nSPS) is 35.7. The number of ether oxygens (including phenoxy) is 3. The summed E-state index contributed by atoms with van der Waals surface area (Å²) >= 11 is 0. The standard InChI is InChI=1S/C41H56O10/c1-8-9-10-11-15-18-31(42)51-40-21-26(5)39-20-25(4)33(43)41(39,48)34(44)29(22-49-36(46)27(6)24(2)3)19-30(35(39)45)32(40)38(40,7)23-50-37(47)28-16-13-12-14-17-28/h12-14,16-17,19-20,24,26-27,30,32-34,43-44,48H,8-11,15,18,21-23H2,1-7H3/t26-,27?,30+,32-,33+,34-,38+,39+,40-,41-/m1/s1. The Kier molecular flexibility index (Phi) is 11.1. The van der Waals surface area contributed by atoms with Crippen LogP contribution < -0.4 is 0 Å². The Morgan fingerprint density at radius 3 is 2.29 bits per heavy atom. The first-order chi connectivity index (χ1) is 24.0. The van der Waals surface area contributed by atoms with Crippen molar-refractivity contribution >= 4 is 23.7 Å². The molecule has 280 valence electrons. The van der Waals surface area contributed by atoms with Gasteiger partial charge in [-0.15, -0.1) is 0 Å². The van der Waals surface area contributed by atoms with E-state index in [1.165, 1.54) is 6.08 Å². The minimum absolute atomic E-state index is 0.0145. The number of carbonyl (C=O) groups excluding carboxylic acids is 4. The van der Waals surface area contributed by atoms with Crippen LogP contribution in [0.3, 0.4) is 0 Å². The number of Topliss-reactive ketones (excluding diaryl/α,β-unsaturated/α-hetero) is 1. The van der Waals surface area contributed by atoms with Gasteiger partial charge in [0, 0.05) is 23.7 Å². The van der Waals surface area contributed by atoms with Crippen LogP contribution in [-0.2, 0) is 28.6 Å². The van der Waals surface area contributed by atoms with Gasteiger partial charge in [0.1, 0.15) is 36.6 Å². The van der Waals surface area contributed by atoms with Gasteiger partial charge in [-0.25, -0.2) is 4.79 Å². The zero-order chi connectivity index (χ0) is 37.5. The Bertz CT molecular complexity index is 1560. The molecule has 1 unspecified atom stereocenters. The zero-order valence-electron chi connectivity index (χ0n) is 31.1. The van der Waals surface area contributed by atoms with Crippen LogP contribution in [0, 0.1) is 40.4 Å². The number of carbonyl (C=O) groups is 4. The van der Waals surface area contributed by atoms with Gasteiger partial charge in [0.05, 0.1) is 16.9 Å². The summed E-state index contributed by atoms with van der Waals surface area (Å²) < 4.78 is 18.1. The maximum atomic E-state index is 15.1. The van der Waals surface area contributed by atoms with E-state index in [4.69, 9.17) is 14.2 Å². The molecule has 1 aromatic carbocycles. The second kappa shape index (κ2) is 14.6. The molecule has 4 aliphatic rings. The topological polar surface area (TPSA) is 157 Å². The van der Waals surface area contributed by atoms with Gasteiger partial charge in [0.15, 0.2) is 5.78 Å². The Hall–Kier alpha value is -3.34. The van der Waals surface area contributed by atoms with E-state index in [0.29, 0.717) is 17.6 Å². The fourth-order valence-corrected chi connectivity index (χ4v) is 9.30.